The van der Waals surface area contributed by atoms with Crippen molar-refractivity contribution in [1.82, 2.24) is 0 Å². The van der Waals surface area contributed by atoms with Crippen LogP contribution in [0.2, 0.25) is 0 Å². The van der Waals surface area contributed by atoms with Gasteiger partial charge in [-0.25, -0.2) is 8.78 Å². The van der Waals surface area contributed by atoms with Crippen LogP contribution in [0, 0.1) is 23.3 Å². The Morgan fingerprint density at radius 2 is 0.962 bits per heavy atom. The van der Waals surface area contributed by atoms with E-state index in [-0.39, 0.29) is 5.56 Å². The van der Waals surface area contributed by atoms with Gasteiger partial charge in [0, 0.05) is 0 Å². The van der Waals surface area contributed by atoms with Crippen LogP contribution in [-0.2, 0) is 0 Å². The normalized spacial score (nSPS) is 10.7. The summed E-state index contributed by atoms with van der Waals surface area (Å²) in [6.45, 7) is 0. The second kappa shape index (κ2) is 7.07. The SMILES string of the molecule is COc1ccc(-c2ccc(-c3c(F)c(F)c(OC)c(F)c3F)cc2)cc1. The van der Waals surface area contributed by atoms with Crippen LogP contribution in [0.4, 0.5) is 17.6 Å². The van der Waals surface area contributed by atoms with Crippen LogP contribution < -0.4 is 9.47 Å². The number of hydrogen-bond acceptors (Lipinski definition) is 2. The van der Waals surface area contributed by atoms with E-state index in [1.54, 1.807) is 31.4 Å². The van der Waals surface area contributed by atoms with Gasteiger partial charge in [-0.2, -0.15) is 8.78 Å². The first-order valence-electron chi connectivity index (χ1n) is 7.62. The second-order valence-electron chi connectivity index (χ2n) is 5.47. The lowest BCUT2D eigenvalue weighted by atomic mass is 9.99. The van der Waals surface area contributed by atoms with E-state index in [1.165, 1.54) is 12.1 Å². The predicted octanol–water partition coefficient (Wildman–Crippen LogP) is 5.59. The van der Waals surface area contributed by atoms with Crippen LogP contribution in [0.5, 0.6) is 11.5 Å². The molecule has 3 aromatic rings. The van der Waals surface area contributed by atoms with Crippen molar-refractivity contribution >= 4 is 0 Å². The summed E-state index contributed by atoms with van der Waals surface area (Å²) in [6.07, 6.45) is 0. The standard InChI is InChI=1S/C20H14F4O2/c1-25-14-9-7-12(8-10-14)11-3-5-13(6-4-11)15-16(21)18(23)20(26-2)19(24)17(15)22/h3-10H,1-2H3. The predicted molar refractivity (Wildman–Crippen MR) is 90.2 cm³/mol. The molecule has 3 aromatic carbocycles. The third-order valence-corrected chi connectivity index (χ3v) is 4.02. The molecule has 0 aliphatic rings. The van der Waals surface area contributed by atoms with Gasteiger partial charge in [-0.3, -0.25) is 0 Å². The zero-order valence-electron chi connectivity index (χ0n) is 13.9. The number of hydrogen-bond donors (Lipinski definition) is 0. The highest BCUT2D eigenvalue weighted by atomic mass is 19.2. The number of benzene rings is 3. The Hall–Kier alpha value is -3.02. The monoisotopic (exact) mass is 362 g/mol. The van der Waals surface area contributed by atoms with Crippen molar-refractivity contribution in [2.24, 2.45) is 0 Å². The molecule has 0 saturated carbocycles. The van der Waals surface area contributed by atoms with Crippen LogP contribution in [0.25, 0.3) is 22.3 Å². The van der Waals surface area contributed by atoms with E-state index in [0.717, 1.165) is 18.2 Å². The highest BCUT2D eigenvalue weighted by Gasteiger charge is 2.26. The summed E-state index contributed by atoms with van der Waals surface area (Å²) in [6, 6.07) is 13.2. The Bertz CT molecular complexity index is 907. The first-order valence-corrected chi connectivity index (χ1v) is 7.62. The number of ether oxygens (including phenoxy) is 2. The first-order chi connectivity index (χ1) is 12.5. The number of methoxy groups -OCH3 is 2. The lowest BCUT2D eigenvalue weighted by Crippen LogP contribution is -2.03. The molecule has 3 rings (SSSR count). The molecule has 0 spiro atoms. The molecule has 0 atom stereocenters. The van der Waals surface area contributed by atoms with E-state index in [2.05, 4.69) is 4.74 Å². The van der Waals surface area contributed by atoms with Gasteiger partial charge in [-0.15, -0.1) is 0 Å². The van der Waals surface area contributed by atoms with Crippen molar-refractivity contribution in [3.8, 4) is 33.8 Å². The summed E-state index contributed by atoms with van der Waals surface area (Å²) in [7, 11) is 2.49. The van der Waals surface area contributed by atoms with Crippen molar-refractivity contribution < 1.29 is 27.0 Å². The topological polar surface area (TPSA) is 18.5 Å². The van der Waals surface area contributed by atoms with Gasteiger partial charge in [0.15, 0.2) is 17.4 Å². The van der Waals surface area contributed by atoms with Crippen LogP contribution >= 0.6 is 0 Å². The van der Waals surface area contributed by atoms with Crippen molar-refractivity contribution in [2.75, 3.05) is 14.2 Å². The maximum atomic E-state index is 14.2. The minimum absolute atomic E-state index is 0.0118. The molecule has 0 unspecified atom stereocenters. The highest BCUT2D eigenvalue weighted by Crippen LogP contribution is 2.36. The molecule has 0 aliphatic carbocycles. The summed E-state index contributed by atoms with van der Waals surface area (Å²) in [5, 5.41) is 0. The van der Waals surface area contributed by atoms with Crippen molar-refractivity contribution in [1.29, 1.82) is 0 Å². The maximum Gasteiger partial charge on any atom is 0.204 e. The molecule has 0 aromatic heterocycles. The van der Waals surface area contributed by atoms with E-state index >= 15 is 0 Å². The Morgan fingerprint density at radius 3 is 1.38 bits per heavy atom. The largest absolute Gasteiger partial charge is 0.497 e. The molecule has 0 radical (unpaired) electrons. The second-order valence-corrected chi connectivity index (χ2v) is 5.47. The van der Waals surface area contributed by atoms with Crippen LogP contribution in [0.1, 0.15) is 0 Å². The average Bonchev–Trinajstić information content (AvgIpc) is 2.68. The molecular weight excluding hydrogens is 348 g/mol. The smallest absolute Gasteiger partial charge is 0.204 e. The van der Waals surface area contributed by atoms with Gasteiger partial charge in [0.1, 0.15) is 5.75 Å². The van der Waals surface area contributed by atoms with Gasteiger partial charge in [0.25, 0.3) is 0 Å². The Morgan fingerprint density at radius 1 is 0.538 bits per heavy atom. The molecule has 2 nitrogen and oxygen atoms in total. The molecule has 0 saturated heterocycles. The average molecular weight is 362 g/mol. The van der Waals surface area contributed by atoms with Crippen LogP contribution in [0.3, 0.4) is 0 Å². The molecule has 0 heterocycles. The molecule has 134 valence electrons. The Balaban J connectivity index is 2.04. The molecule has 0 N–H and O–H groups in total. The Labute approximate surface area is 147 Å². The van der Waals surface area contributed by atoms with Gasteiger partial charge in [-0.05, 0) is 28.8 Å². The zero-order chi connectivity index (χ0) is 18.8. The van der Waals surface area contributed by atoms with Crippen molar-refractivity contribution in [3.05, 3.63) is 71.8 Å². The van der Waals surface area contributed by atoms with Gasteiger partial charge >= 0.3 is 0 Å². The summed E-state index contributed by atoms with van der Waals surface area (Å²) in [5.41, 5.74) is 0.858. The third kappa shape index (κ3) is 2.98. The fourth-order valence-electron chi connectivity index (χ4n) is 2.66. The molecule has 26 heavy (non-hydrogen) atoms. The third-order valence-electron chi connectivity index (χ3n) is 4.02. The van der Waals surface area contributed by atoms with E-state index in [0.29, 0.717) is 5.75 Å². The molecule has 0 aliphatic heterocycles. The minimum atomic E-state index is -1.57. The maximum absolute atomic E-state index is 14.2. The lowest BCUT2D eigenvalue weighted by Gasteiger charge is -2.12. The van der Waals surface area contributed by atoms with Gasteiger partial charge in [-0.1, -0.05) is 36.4 Å². The first kappa shape index (κ1) is 17.8. The van der Waals surface area contributed by atoms with Crippen molar-refractivity contribution in [3.63, 3.8) is 0 Å². The molecule has 6 heteroatoms. The zero-order valence-corrected chi connectivity index (χ0v) is 13.9. The molecular formula is C20H14F4O2. The molecule has 0 bridgehead atoms. The Kier molecular flexibility index (Phi) is 4.84. The van der Waals surface area contributed by atoms with E-state index in [4.69, 9.17) is 4.74 Å². The minimum Gasteiger partial charge on any atom is -0.497 e. The fraction of sp³-hybridized carbons (Fsp3) is 0.100. The summed E-state index contributed by atoms with van der Waals surface area (Å²) >= 11 is 0. The fourth-order valence-corrected chi connectivity index (χ4v) is 2.66. The van der Waals surface area contributed by atoms with E-state index in [1.807, 2.05) is 12.1 Å². The summed E-state index contributed by atoms with van der Waals surface area (Å²) in [4.78, 5) is 0. The lowest BCUT2D eigenvalue weighted by molar-refractivity contribution is 0.334. The molecule has 0 fully saturated rings. The number of halogens is 4. The van der Waals surface area contributed by atoms with Crippen molar-refractivity contribution in [2.45, 2.75) is 0 Å². The van der Waals surface area contributed by atoms with E-state index in [9.17, 15) is 17.6 Å². The van der Waals surface area contributed by atoms with Gasteiger partial charge in [0.05, 0.1) is 19.8 Å². The van der Waals surface area contributed by atoms with Gasteiger partial charge < -0.3 is 9.47 Å². The van der Waals surface area contributed by atoms with Crippen LogP contribution in [-0.4, -0.2) is 14.2 Å². The summed E-state index contributed by atoms with van der Waals surface area (Å²) < 4.78 is 65.7. The highest BCUT2D eigenvalue weighted by molar-refractivity contribution is 5.72. The van der Waals surface area contributed by atoms with Gasteiger partial charge in [0.2, 0.25) is 11.6 Å². The molecule has 0 amide bonds. The van der Waals surface area contributed by atoms with E-state index < -0.39 is 34.6 Å². The number of rotatable bonds is 4. The summed E-state index contributed by atoms with van der Waals surface area (Å²) in [5.74, 6) is -6.53. The quantitative estimate of drug-likeness (QED) is 0.445. The van der Waals surface area contributed by atoms with Crippen LogP contribution in [0.15, 0.2) is 48.5 Å².